The summed E-state index contributed by atoms with van der Waals surface area (Å²) in [5, 5.41) is 1.22. The average molecular weight is 389 g/mol. The van der Waals surface area contributed by atoms with Crippen molar-refractivity contribution in [3.8, 4) is 11.4 Å². The predicted octanol–water partition coefficient (Wildman–Crippen LogP) is 5.14. The summed E-state index contributed by atoms with van der Waals surface area (Å²) in [5.41, 5.74) is 2.49. The van der Waals surface area contributed by atoms with Crippen LogP contribution in [0.15, 0.2) is 36.4 Å². The van der Waals surface area contributed by atoms with Crippen LogP contribution in [-0.4, -0.2) is 9.97 Å². The third-order valence-electron chi connectivity index (χ3n) is 2.66. The predicted molar refractivity (Wildman–Crippen MR) is 84.3 cm³/mol. The number of rotatable bonds is 1. The van der Waals surface area contributed by atoms with Crippen molar-refractivity contribution in [3.05, 3.63) is 50.0 Å². The molecule has 0 bridgehead atoms. The first-order chi connectivity index (χ1) is 8.65. The van der Waals surface area contributed by atoms with Gasteiger partial charge in [-0.1, -0.05) is 35.3 Å². The summed E-state index contributed by atoms with van der Waals surface area (Å²) in [7, 11) is 0. The first kappa shape index (κ1) is 12.3. The van der Waals surface area contributed by atoms with Gasteiger partial charge in [0.15, 0.2) is 0 Å². The molecular weight excluding hydrogens is 382 g/mol. The maximum Gasteiger partial charge on any atom is 0.138 e. The number of nitrogens with zero attached hydrogens (tertiary/aromatic N) is 1. The van der Waals surface area contributed by atoms with Gasteiger partial charge in [0.1, 0.15) is 11.3 Å². The van der Waals surface area contributed by atoms with Gasteiger partial charge in [-0.15, -0.1) is 0 Å². The lowest BCUT2D eigenvalue weighted by molar-refractivity contribution is 1.33. The molecule has 3 rings (SSSR count). The molecule has 1 heterocycles. The molecule has 0 unspecified atom stereocenters. The Morgan fingerprint density at radius 1 is 0.944 bits per heavy atom. The van der Waals surface area contributed by atoms with E-state index in [9.17, 15) is 0 Å². The number of fused-ring (bicyclic) bond motifs is 1. The van der Waals surface area contributed by atoms with E-state index in [4.69, 9.17) is 23.2 Å². The number of hydrogen-bond donors (Lipinski definition) is 1. The van der Waals surface area contributed by atoms with Crippen LogP contribution in [0.2, 0.25) is 10.0 Å². The van der Waals surface area contributed by atoms with Gasteiger partial charge < -0.3 is 4.98 Å². The molecule has 0 spiro atoms. The number of aromatic amines is 1. The number of benzene rings is 2. The highest BCUT2D eigenvalue weighted by molar-refractivity contribution is 14.1. The van der Waals surface area contributed by atoms with Crippen LogP contribution in [-0.2, 0) is 0 Å². The van der Waals surface area contributed by atoms with Crippen molar-refractivity contribution < 1.29 is 0 Å². The van der Waals surface area contributed by atoms with Crippen molar-refractivity contribution in [2.24, 2.45) is 0 Å². The molecule has 0 fully saturated rings. The molecule has 0 amide bonds. The van der Waals surface area contributed by atoms with Crippen molar-refractivity contribution in [1.82, 2.24) is 9.97 Å². The molecule has 0 aliphatic rings. The lowest BCUT2D eigenvalue weighted by Gasteiger charge is -1.95. The Balaban J connectivity index is 2.22. The molecule has 3 aromatic rings. The monoisotopic (exact) mass is 388 g/mol. The standard InChI is InChI=1S/C13H7Cl2IN2/c14-9-5-6-10(15)12-11(9)17-13(18-12)7-1-3-8(16)4-2-7/h1-6H,(H,17,18). The van der Waals surface area contributed by atoms with Crippen LogP contribution >= 0.6 is 45.8 Å². The lowest BCUT2D eigenvalue weighted by atomic mass is 10.2. The van der Waals surface area contributed by atoms with Crippen LogP contribution in [0, 0.1) is 3.57 Å². The molecule has 2 aromatic carbocycles. The van der Waals surface area contributed by atoms with E-state index in [2.05, 4.69) is 32.6 Å². The molecule has 1 aromatic heterocycles. The summed E-state index contributed by atoms with van der Waals surface area (Å²) in [4.78, 5) is 7.71. The molecule has 0 aliphatic carbocycles. The van der Waals surface area contributed by atoms with Gasteiger partial charge in [-0.05, 0) is 46.9 Å². The van der Waals surface area contributed by atoms with E-state index in [0.29, 0.717) is 15.6 Å². The van der Waals surface area contributed by atoms with Crippen LogP contribution in [0.3, 0.4) is 0 Å². The van der Waals surface area contributed by atoms with Crippen LogP contribution in [0.1, 0.15) is 0 Å². The van der Waals surface area contributed by atoms with Crippen molar-refractivity contribution in [1.29, 1.82) is 0 Å². The van der Waals surface area contributed by atoms with E-state index in [0.717, 1.165) is 16.9 Å². The Bertz CT molecular complexity index is 681. The smallest absolute Gasteiger partial charge is 0.138 e. The highest BCUT2D eigenvalue weighted by atomic mass is 127. The van der Waals surface area contributed by atoms with Crippen molar-refractivity contribution in [3.63, 3.8) is 0 Å². The van der Waals surface area contributed by atoms with Gasteiger partial charge in [0.25, 0.3) is 0 Å². The zero-order chi connectivity index (χ0) is 12.7. The molecule has 0 saturated heterocycles. The number of imidazole rings is 1. The number of hydrogen-bond acceptors (Lipinski definition) is 1. The summed E-state index contributed by atoms with van der Waals surface area (Å²) in [6, 6.07) is 11.6. The third kappa shape index (κ3) is 2.11. The van der Waals surface area contributed by atoms with Crippen molar-refractivity contribution >= 4 is 56.8 Å². The van der Waals surface area contributed by atoms with Gasteiger partial charge in [0, 0.05) is 9.13 Å². The first-order valence-electron chi connectivity index (χ1n) is 5.25. The average Bonchev–Trinajstić information content (AvgIpc) is 2.81. The lowest BCUT2D eigenvalue weighted by Crippen LogP contribution is -1.80. The van der Waals surface area contributed by atoms with Gasteiger partial charge in [0.05, 0.1) is 15.6 Å². The van der Waals surface area contributed by atoms with Crippen molar-refractivity contribution in [2.75, 3.05) is 0 Å². The van der Waals surface area contributed by atoms with Crippen molar-refractivity contribution in [2.45, 2.75) is 0 Å². The Morgan fingerprint density at radius 3 is 2.28 bits per heavy atom. The van der Waals surface area contributed by atoms with Gasteiger partial charge in [-0.3, -0.25) is 0 Å². The molecular formula is C13H7Cl2IN2. The Hall–Kier alpha value is -0.780. The zero-order valence-electron chi connectivity index (χ0n) is 9.05. The Kier molecular flexibility index (Phi) is 3.21. The van der Waals surface area contributed by atoms with E-state index in [1.54, 1.807) is 12.1 Å². The van der Waals surface area contributed by atoms with Crippen LogP contribution in [0.25, 0.3) is 22.4 Å². The number of H-pyrrole nitrogens is 1. The molecule has 18 heavy (non-hydrogen) atoms. The van der Waals surface area contributed by atoms with E-state index in [1.165, 1.54) is 3.57 Å². The third-order valence-corrected chi connectivity index (χ3v) is 4.00. The van der Waals surface area contributed by atoms with Gasteiger partial charge in [0.2, 0.25) is 0 Å². The molecule has 5 heteroatoms. The fourth-order valence-electron chi connectivity index (χ4n) is 1.77. The molecule has 90 valence electrons. The fraction of sp³-hybridized carbons (Fsp3) is 0. The summed E-state index contributed by atoms with van der Waals surface area (Å²) in [6.45, 7) is 0. The largest absolute Gasteiger partial charge is 0.337 e. The highest BCUT2D eigenvalue weighted by Crippen LogP contribution is 2.30. The summed E-state index contributed by atoms with van der Waals surface area (Å²) in [5.74, 6) is 0.774. The SMILES string of the molecule is Clc1ccc(Cl)c2[nH]c(-c3ccc(I)cc3)nc12. The van der Waals surface area contributed by atoms with Gasteiger partial charge in [-0.25, -0.2) is 4.98 Å². The van der Waals surface area contributed by atoms with E-state index in [1.807, 2.05) is 24.3 Å². The molecule has 0 saturated carbocycles. The fourth-order valence-corrected chi connectivity index (χ4v) is 2.53. The second-order valence-corrected chi connectivity index (χ2v) is 5.91. The van der Waals surface area contributed by atoms with E-state index in [-0.39, 0.29) is 0 Å². The molecule has 0 radical (unpaired) electrons. The molecule has 0 atom stereocenters. The molecule has 1 N–H and O–H groups in total. The van der Waals surface area contributed by atoms with Crippen LogP contribution in [0.4, 0.5) is 0 Å². The van der Waals surface area contributed by atoms with E-state index >= 15 is 0 Å². The van der Waals surface area contributed by atoms with Crippen LogP contribution < -0.4 is 0 Å². The minimum absolute atomic E-state index is 0.599. The summed E-state index contributed by atoms with van der Waals surface area (Å²) >= 11 is 14.5. The zero-order valence-corrected chi connectivity index (χ0v) is 12.7. The quantitative estimate of drug-likeness (QED) is 0.574. The topological polar surface area (TPSA) is 28.7 Å². The number of nitrogens with one attached hydrogen (secondary N) is 1. The summed E-state index contributed by atoms with van der Waals surface area (Å²) < 4.78 is 1.18. The molecule has 0 aliphatic heterocycles. The number of halogens is 3. The van der Waals surface area contributed by atoms with Gasteiger partial charge in [-0.2, -0.15) is 0 Å². The Morgan fingerprint density at radius 2 is 1.61 bits per heavy atom. The normalized spacial score (nSPS) is 11.1. The highest BCUT2D eigenvalue weighted by Gasteiger charge is 2.10. The maximum atomic E-state index is 6.12. The Labute approximate surface area is 127 Å². The minimum Gasteiger partial charge on any atom is -0.337 e. The maximum absolute atomic E-state index is 6.12. The van der Waals surface area contributed by atoms with Gasteiger partial charge >= 0.3 is 0 Å². The van der Waals surface area contributed by atoms with Crippen LogP contribution in [0.5, 0.6) is 0 Å². The minimum atomic E-state index is 0.599. The first-order valence-corrected chi connectivity index (χ1v) is 7.08. The number of aromatic nitrogens is 2. The second-order valence-electron chi connectivity index (χ2n) is 3.85. The summed E-state index contributed by atoms with van der Waals surface area (Å²) in [6.07, 6.45) is 0. The second kappa shape index (κ2) is 4.72. The molecule has 2 nitrogen and oxygen atoms in total. The van der Waals surface area contributed by atoms with E-state index < -0.39 is 0 Å².